The molecule has 0 N–H and O–H groups in total. The van der Waals surface area contributed by atoms with Crippen LogP contribution in [0.15, 0.2) is 279 Å². The number of hydrogen-bond acceptors (Lipinski definition) is 17. The van der Waals surface area contributed by atoms with E-state index in [0.29, 0.717) is 115 Å². The third-order valence-electron chi connectivity index (χ3n) is 24.2. The Morgan fingerprint density at radius 2 is 0.544 bits per heavy atom. The first-order valence-electron chi connectivity index (χ1n) is 45.5. The number of benzene rings is 10. The molecule has 0 saturated heterocycles. The summed E-state index contributed by atoms with van der Waals surface area (Å²) < 4.78 is 148. The van der Waals surface area contributed by atoms with Gasteiger partial charge in [0.15, 0.2) is 17.3 Å². The van der Waals surface area contributed by atoms with Crippen LogP contribution in [0.1, 0.15) is 95.2 Å². The van der Waals surface area contributed by atoms with Gasteiger partial charge < -0.3 is 0 Å². The molecule has 10 heterocycles. The topological polar surface area (TPSA) is 291 Å². The van der Waals surface area contributed by atoms with Crippen molar-refractivity contribution >= 4 is 94.4 Å². The highest BCUT2D eigenvalue weighted by Crippen LogP contribution is 2.39. The quantitative estimate of drug-likeness (QED) is 0.0523. The number of aryl methyl sites for hydroxylation is 9. The first kappa shape index (κ1) is 104. The maximum atomic E-state index is 14.7. The van der Waals surface area contributed by atoms with Crippen molar-refractivity contribution in [3.63, 3.8) is 0 Å². The third-order valence-corrected chi connectivity index (χ3v) is 24.9. The summed E-state index contributed by atoms with van der Waals surface area (Å²) in [6.45, 7) is 23.3. The van der Waals surface area contributed by atoms with Gasteiger partial charge in [-0.3, -0.25) is 24.0 Å². The average Bonchev–Trinajstić information content (AvgIpc) is 0.752. The minimum absolute atomic E-state index is 0.00656. The summed E-state index contributed by atoms with van der Waals surface area (Å²) >= 11 is 17.8. The molecule has 0 radical (unpaired) electrons. The lowest BCUT2D eigenvalue weighted by atomic mass is 9.99. The predicted molar refractivity (Wildman–Crippen MR) is 552 cm³/mol. The second-order valence-electron chi connectivity index (χ2n) is 34.9. The summed E-state index contributed by atoms with van der Waals surface area (Å²) in [7, 11) is 0. The maximum absolute atomic E-state index is 14.7. The largest absolute Gasteiger partial charge is 0.416 e. The third kappa shape index (κ3) is 23.3. The Balaban J connectivity index is 0.000000133. The first-order chi connectivity index (χ1) is 71.2. The van der Waals surface area contributed by atoms with Crippen LogP contribution in [0.5, 0.6) is 0 Å². The molecule has 0 aliphatic carbocycles. The van der Waals surface area contributed by atoms with Crippen molar-refractivity contribution < 1.29 is 43.9 Å². The molecule has 0 bridgehead atoms. The Bertz CT molecular complexity index is 9000. The van der Waals surface area contributed by atoms with Gasteiger partial charge in [-0.15, -0.1) is 0 Å². The Morgan fingerprint density at radius 1 is 0.295 bits per heavy atom. The van der Waals surface area contributed by atoms with Crippen molar-refractivity contribution in [2.45, 2.75) is 101 Å². The zero-order valence-electron chi connectivity index (χ0n) is 80.3. The van der Waals surface area contributed by atoms with Gasteiger partial charge in [0.05, 0.1) is 117 Å². The smallest absolute Gasteiger partial charge is 0.267 e. The van der Waals surface area contributed by atoms with Crippen LogP contribution in [0, 0.1) is 133 Å². The van der Waals surface area contributed by atoms with Crippen LogP contribution in [0.25, 0.3) is 115 Å². The summed E-state index contributed by atoms with van der Waals surface area (Å²) in [5.74, 6) is -5.93. The minimum atomic E-state index is -4.65. The second-order valence-corrected chi connectivity index (χ2v) is 36.2. The number of fused-ring (bicyclic) bond motifs is 5. The minimum Gasteiger partial charge on any atom is -0.267 e. The highest BCUT2D eigenvalue weighted by Gasteiger charge is 2.34. The fraction of sp³-hybridized carbons (Fsp3) is 0.133. The van der Waals surface area contributed by atoms with Gasteiger partial charge >= 0.3 is 6.18 Å². The molecule has 0 aliphatic heterocycles. The number of hydrogen-bond donors (Lipinski definition) is 0. The molecule has 0 unspecified atom stereocenters. The number of halogens is 13. The van der Waals surface area contributed by atoms with Gasteiger partial charge in [0.25, 0.3) is 27.8 Å². The van der Waals surface area contributed by atoms with Crippen LogP contribution in [0.2, 0.25) is 15.1 Å². The van der Waals surface area contributed by atoms with Crippen LogP contribution >= 0.6 is 34.8 Å². The lowest BCUT2D eigenvalue weighted by molar-refractivity contribution is -0.138. The molecule has 23 nitrogen and oxygen atoms in total. The lowest BCUT2D eigenvalue weighted by Crippen LogP contribution is -2.25. The van der Waals surface area contributed by atoms with E-state index in [1.165, 1.54) is 39.2 Å². The van der Waals surface area contributed by atoms with Crippen molar-refractivity contribution in [3.05, 3.63) is 470 Å². The van der Waals surface area contributed by atoms with Crippen LogP contribution in [0.4, 0.5) is 49.6 Å². The number of rotatable bonds is 15. The van der Waals surface area contributed by atoms with E-state index in [4.69, 9.17) is 51.9 Å². The SMILES string of the molecule is Cc1ccc(-c2nn(Cc3ccc(C#N)cc3)c(=O)c3cc(C)c(C)cc23)c(F)n1.Cc1ccc(-c2nn(Cc3ccc(C#N)cc3)c(=O)c3cc(F)c(F)cc23)c(F)n1.Cc1ccc(-c2nn(Cc3ccc(Cl)cc3)c(=O)c3cc(C(F)(F)F)c(C)cc23)c(F)n1.Cc1ccc2c(=O)n(Cc3ccc(Cl)cc3)nc(-c3ccc(C)nc3F)c2c1.[C-]#[N+]c1ccc2c(=O)n(Cc3ccc(Cl)cc3)nc(-c3ccc(C)nc3F)c2c1. The number of alkyl halides is 3. The number of aromatic nitrogens is 15. The van der Waals surface area contributed by atoms with E-state index in [0.717, 1.165) is 60.9 Å². The molecular formula is C113H79Cl3F10N18O5. The lowest BCUT2D eigenvalue weighted by Gasteiger charge is -2.16. The molecule has 0 atom stereocenters. The summed E-state index contributed by atoms with van der Waals surface area (Å²) in [5, 5.41) is 44.4. The van der Waals surface area contributed by atoms with Gasteiger partial charge in [0, 0.05) is 75.9 Å². The van der Waals surface area contributed by atoms with E-state index in [1.807, 2.05) is 63.2 Å². The van der Waals surface area contributed by atoms with Crippen molar-refractivity contribution in [1.82, 2.24) is 73.8 Å². The molecule has 0 spiro atoms. The molecule has 20 rings (SSSR count). The second kappa shape index (κ2) is 44.1. The van der Waals surface area contributed by atoms with E-state index in [-0.39, 0.29) is 121 Å². The Morgan fingerprint density at radius 3 is 0.839 bits per heavy atom. The molecule has 20 aromatic rings. The molecule has 0 fully saturated rings. The van der Waals surface area contributed by atoms with Crippen molar-refractivity contribution in [1.29, 1.82) is 10.5 Å². The van der Waals surface area contributed by atoms with Crippen LogP contribution in [-0.4, -0.2) is 73.8 Å². The van der Waals surface area contributed by atoms with Crippen LogP contribution < -0.4 is 27.8 Å². The van der Waals surface area contributed by atoms with Gasteiger partial charge in [-0.2, -0.15) is 71.1 Å². The molecule has 0 saturated carbocycles. The first-order valence-corrected chi connectivity index (χ1v) is 46.7. The van der Waals surface area contributed by atoms with Crippen LogP contribution in [0.3, 0.4) is 0 Å². The van der Waals surface area contributed by atoms with Gasteiger partial charge in [0.1, 0.15) is 28.5 Å². The van der Waals surface area contributed by atoms with E-state index in [1.54, 1.807) is 217 Å². The van der Waals surface area contributed by atoms with Crippen molar-refractivity contribution in [3.8, 4) is 68.4 Å². The maximum Gasteiger partial charge on any atom is 0.416 e. The van der Waals surface area contributed by atoms with E-state index in [2.05, 4.69) is 61.3 Å². The van der Waals surface area contributed by atoms with Crippen molar-refractivity contribution in [2.75, 3.05) is 0 Å². The van der Waals surface area contributed by atoms with Gasteiger partial charge in [-0.25, -0.2) is 62.0 Å². The average molecular weight is 2070 g/mol. The zero-order chi connectivity index (χ0) is 106. The standard InChI is InChI=1S/C24H19FN4O.C23H16ClF4N3O.C22H14ClFN4O.C22H17ClFN3O.C22H13F3N4O/c1-14-10-20-21(11-15(14)2)24(30)29(13-18-7-5-17(12-26)6-8-18)28-22(20)19-9-4-16(3)27-23(19)25;1-12-9-17-18(10-19(12)23(26,27)28)22(32)31(11-14-4-6-15(24)7-5-14)30-20(17)16-8-3-13(2)29-21(16)25;1-13-3-9-18(21(24)26-13)20-19-11-16(25-2)8-10-17(19)22(29)28(27-20)12-14-4-6-15(23)7-5-14;1-13-3-9-17-19(11-13)20(18-10-4-14(2)25-21(18)24)26-27(22(17)28)12-15-5-7-16(23)8-6-15;1-12-2-7-15(21(25)27-12)20-16-8-18(23)19(24)9-17(16)22(30)29(28-20)11-14-5-3-13(10-26)4-6-14/h4-11H,13H2,1-3H3;3-10H,11H2,1-2H3;3-11H,12H2,1H3;3-11H,12H2,1-2H3;2-9H,11H2,1H3. The summed E-state index contributed by atoms with van der Waals surface area (Å²) in [5.41, 5.74) is 9.15. The van der Waals surface area contributed by atoms with E-state index >= 15 is 0 Å². The molecular weight excluding hydrogens is 1990 g/mol. The fourth-order valence-corrected chi connectivity index (χ4v) is 16.7. The van der Waals surface area contributed by atoms with E-state index in [9.17, 15) is 67.9 Å². The predicted octanol–water partition coefficient (Wildman–Crippen LogP) is 24.6. The van der Waals surface area contributed by atoms with E-state index < -0.39 is 64.2 Å². The monoisotopic (exact) mass is 2060 g/mol. The number of nitrogens with zero attached hydrogens (tertiary/aromatic N) is 18. The Kier molecular flexibility index (Phi) is 30.8. The molecule has 0 amide bonds. The molecule has 742 valence electrons. The summed E-state index contributed by atoms with van der Waals surface area (Å²) in [6, 6.07) is 71.9. The number of nitriles is 2. The Hall–Kier alpha value is -17.7. The highest BCUT2D eigenvalue weighted by molar-refractivity contribution is 6.31. The van der Waals surface area contributed by atoms with Crippen molar-refractivity contribution in [2.24, 2.45) is 0 Å². The zero-order valence-corrected chi connectivity index (χ0v) is 82.6. The normalized spacial score (nSPS) is 11.1. The molecule has 10 aromatic heterocycles. The molecule has 149 heavy (non-hydrogen) atoms. The highest BCUT2D eigenvalue weighted by atomic mass is 35.5. The van der Waals surface area contributed by atoms with Gasteiger partial charge in [-0.1, -0.05) is 119 Å². The van der Waals surface area contributed by atoms with Crippen LogP contribution in [-0.2, 0) is 38.9 Å². The van der Waals surface area contributed by atoms with Gasteiger partial charge in [0.2, 0.25) is 29.7 Å². The Labute approximate surface area is 856 Å². The summed E-state index contributed by atoms with van der Waals surface area (Å²) in [4.78, 5) is 87.9. The number of pyridine rings is 5. The molecule has 10 aromatic carbocycles. The molecule has 36 heteroatoms. The fourth-order valence-electron chi connectivity index (χ4n) is 16.4. The van der Waals surface area contributed by atoms with Gasteiger partial charge in [-0.05, 0) is 283 Å². The molecule has 0 aliphatic rings. The summed E-state index contributed by atoms with van der Waals surface area (Å²) in [6.07, 6.45) is -4.65.